The Balaban J connectivity index is 1.88. The first-order chi connectivity index (χ1) is 9.95. The number of carboxylic acids is 1. The van der Waals surface area contributed by atoms with Crippen LogP contribution in [-0.2, 0) is 4.79 Å². The number of urea groups is 1. The Kier molecular flexibility index (Phi) is 4.77. The number of hydrogen-bond acceptors (Lipinski definition) is 3. The first-order valence-corrected chi connectivity index (χ1v) is 7.17. The maximum atomic E-state index is 12.2. The largest absolute Gasteiger partial charge is 0.481 e. The molecule has 0 bridgehead atoms. The summed E-state index contributed by atoms with van der Waals surface area (Å²) in [6.07, 6.45) is 1.66. The summed E-state index contributed by atoms with van der Waals surface area (Å²) in [5.41, 5.74) is 2.44. The van der Waals surface area contributed by atoms with Crippen LogP contribution in [0.2, 0.25) is 0 Å². The van der Waals surface area contributed by atoms with Crippen LogP contribution in [0.4, 0.5) is 10.5 Å². The van der Waals surface area contributed by atoms with E-state index in [9.17, 15) is 9.59 Å². The number of nitrogens with one attached hydrogen (secondary N) is 1. The fourth-order valence-electron chi connectivity index (χ4n) is 2.59. The van der Waals surface area contributed by atoms with Gasteiger partial charge in [0.2, 0.25) is 0 Å². The maximum Gasteiger partial charge on any atom is 0.321 e. The maximum absolute atomic E-state index is 12.2. The summed E-state index contributed by atoms with van der Waals surface area (Å²) < 4.78 is 0. The van der Waals surface area contributed by atoms with Gasteiger partial charge in [0, 0.05) is 25.2 Å². The third-order valence-electron chi connectivity index (χ3n) is 3.81. The van der Waals surface area contributed by atoms with Gasteiger partial charge in [-0.3, -0.25) is 9.78 Å². The van der Waals surface area contributed by atoms with Crippen LogP contribution in [0.25, 0.3) is 0 Å². The van der Waals surface area contributed by atoms with Gasteiger partial charge in [-0.05, 0) is 44.7 Å². The van der Waals surface area contributed by atoms with Gasteiger partial charge >= 0.3 is 12.0 Å². The predicted molar refractivity (Wildman–Crippen MR) is 79.3 cm³/mol. The van der Waals surface area contributed by atoms with Crippen molar-refractivity contribution in [2.75, 3.05) is 18.4 Å². The number of likely N-dealkylation sites (tertiary alicyclic amines) is 1. The van der Waals surface area contributed by atoms with Crippen molar-refractivity contribution in [2.24, 2.45) is 5.92 Å². The number of carbonyl (C=O) groups is 2. The van der Waals surface area contributed by atoms with Gasteiger partial charge in [0.15, 0.2) is 0 Å². The Morgan fingerprint density at radius 1 is 1.43 bits per heavy atom. The second-order valence-electron chi connectivity index (χ2n) is 5.55. The summed E-state index contributed by atoms with van der Waals surface area (Å²) in [5.74, 6) is -0.497. The third-order valence-corrected chi connectivity index (χ3v) is 3.81. The molecule has 6 nitrogen and oxygen atoms in total. The molecule has 0 saturated carbocycles. The van der Waals surface area contributed by atoms with Crippen molar-refractivity contribution in [2.45, 2.75) is 33.1 Å². The van der Waals surface area contributed by atoms with Crippen LogP contribution in [0.1, 0.15) is 30.7 Å². The molecule has 1 atom stereocenters. The molecule has 2 rings (SSSR count). The molecule has 2 amide bonds. The van der Waals surface area contributed by atoms with Crippen molar-refractivity contribution in [3.05, 3.63) is 23.5 Å². The highest BCUT2D eigenvalue weighted by atomic mass is 16.4. The smallest absolute Gasteiger partial charge is 0.321 e. The first-order valence-electron chi connectivity index (χ1n) is 7.17. The zero-order chi connectivity index (χ0) is 15.4. The van der Waals surface area contributed by atoms with Crippen molar-refractivity contribution >= 4 is 17.7 Å². The summed E-state index contributed by atoms with van der Waals surface area (Å²) in [6.45, 7) is 5.07. The lowest BCUT2D eigenvalue weighted by atomic mass is 10.0. The van der Waals surface area contributed by atoms with E-state index in [0.717, 1.165) is 23.5 Å². The van der Waals surface area contributed by atoms with Crippen molar-refractivity contribution in [1.82, 2.24) is 9.88 Å². The van der Waals surface area contributed by atoms with Gasteiger partial charge in [-0.15, -0.1) is 0 Å². The number of rotatable bonds is 4. The van der Waals surface area contributed by atoms with Crippen LogP contribution in [-0.4, -0.2) is 40.1 Å². The van der Waals surface area contributed by atoms with Crippen molar-refractivity contribution in [3.63, 3.8) is 0 Å². The number of nitrogens with zero attached hydrogens (tertiary/aromatic N) is 2. The number of amides is 2. The van der Waals surface area contributed by atoms with Crippen molar-refractivity contribution in [1.29, 1.82) is 0 Å². The fraction of sp³-hybridized carbons (Fsp3) is 0.533. The highest BCUT2D eigenvalue weighted by Crippen LogP contribution is 2.22. The minimum atomic E-state index is -0.778. The van der Waals surface area contributed by atoms with E-state index in [1.54, 1.807) is 4.90 Å². The highest BCUT2D eigenvalue weighted by Gasteiger charge is 2.26. The average molecular weight is 291 g/mol. The molecule has 2 heterocycles. The number of aliphatic carboxylic acids is 1. The van der Waals surface area contributed by atoms with Crippen LogP contribution >= 0.6 is 0 Å². The molecule has 114 valence electrons. The van der Waals surface area contributed by atoms with E-state index >= 15 is 0 Å². The SMILES string of the molecule is Cc1ccc(NC(=O)N2CCC(CCC(=O)O)C2)c(C)n1. The van der Waals surface area contributed by atoms with Crippen LogP contribution in [0.15, 0.2) is 12.1 Å². The normalized spacial score (nSPS) is 17.8. The van der Waals surface area contributed by atoms with Gasteiger partial charge in [-0.2, -0.15) is 0 Å². The Bertz CT molecular complexity index is 545. The number of carboxylic acid groups (broad SMARTS) is 1. The van der Waals surface area contributed by atoms with Crippen LogP contribution in [0.3, 0.4) is 0 Å². The Morgan fingerprint density at radius 2 is 2.19 bits per heavy atom. The zero-order valence-electron chi connectivity index (χ0n) is 12.4. The summed E-state index contributed by atoms with van der Waals surface area (Å²) in [5, 5.41) is 11.6. The number of anilines is 1. The van der Waals surface area contributed by atoms with Gasteiger partial charge in [-0.25, -0.2) is 4.79 Å². The molecule has 2 N–H and O–H groups in total. The predicted octanol–water partition coefficient (Wildman–Crippen LogP) is 2.42. The van der Waals surface area contributed by atoms with E-state index in [0.29, 0.717) is 19.5 Å². The highest BCUT2D eigenvalue weighted by molar-refractivity contribution is 5.90. The molecule has 0 spiro atoms. The van der Waals surface area contributed by atoms with Crippen molar-refractivity contribution < 1.29 is 14.7 Å². The lowest BCUT2D eigenvalue weighted by Gasteiger charge is -2.18. The number of carbonyl (C=O) groups excluding carboxylic acids is 1. The Labute approximate surface area is 124 Å². The second kappa shape index (κ2) is 6.56. The zero-order valence-corrected chi connectivity index (χ0v) is 12.4. The standard InChI is InChI=1S/C15H21N3O3/c1-10-3-5-13(11(2)16-10)17-15(21)18-8-7-12(9-18)4-6-14(19)20/h3,5,12H,4,6-9H2,1-2H3,(H,17,21)(H,19,20). The van der Waals surface area contributed by atoms with Gasteiger partial charge in [0.05, 0.1) is 11.4 Å². The van der Waals surface area contributed by atoms with Crippen molar-refractivity contribution in [3.8, 4) is 0 Å². The van der Waals surface area contributed by atoms with E-state index < -0.39 is 5.97 Å². The third kappa shape index (κ3) is 4.18. The van der Waals surface area contributed by atoms with Gasteiger partial charge in [0.1, 0.15) is 0 Å². The molecule has 0 aromatic carbocycles. The Morgan fingerprint density at radius 3 is 2.86 bits per heavy atom. The molecule has 1 saturated heterocycles. The van der Waals surface area contributed by atoms with E-state index in [1.165, 1.54) is 0 Å². The Hall–Kier alpha value is -2.11. The number of pyridine rings is 1. The molecule has 1 aliphatic rings. The van der Waals surface area contributed by atoms with Gasteiger partial charge < -0.3 is 15.3 Å². The molecule has 1 aromatic rings. The van der Waals surface area contributed by atoms with E-state index in [4.69, 9.17) is 5.11 Å². The fourth-order valence-corrected chi connectivity index (χ4v) is 2.59. The lowest BCUT2D eigenvalue weighted by Crippen LogP contribution is -2.33. The molecule has 21 heavy (non-hydrogen) atoms. The number of aryl methyl sites for hydroxylation is 2. The topological polar surface area (TPSA) is 82.5 Å². The van der Waals surface area contributed by atoms with Crippen LogP contribution in [0.5, 0.6) is 0 Å². The van der Waals surface area contributed by atoms with Crippen LogP contribution < -0.4 is 5.32 Å². The monoisotopic (exact) mass is 291 g/mol. The lowest BCUT2D eigenvalue weighted by molar-refractivity contribution is -0.137. The minimum absolute atomic E-state index is 0.137. The van der Waals surface area contributed by atoms with E-state index in [1.807, 2.05) is 26.0 Å². The molecular formula is C15H21N3O3. The average Bonchev–Trinajstić information content (AvgIpc) is 2.88. The number of aromatic nitrogens is 1. The summed E-state index contributed by atoms with van der Waals surface area (Å²) in [4.78, 5) is 28.8. The molecule has 6 heteroatoms. The molecular weight excluding hydrogens is 270 g/mol. The molecule has 1 aromatic heterocycles. The first kappa shape index (κ1) is 15.3. The second-order valence-corrected chi connectivity index (χ2v) is 5.55. The number of hydrogen-bond donors (Lipinski definition) is 2. The molecule has 1 unspecified atom stereocenters. The minimum Gasteiger partial charge on any atom is -0.481 e. The van der Waals surface area contributed by atoms with E-state index in [-0.39, 0.29) is 18.4 Å². The van der Waals surface area contributed by atoms with Crippen LogP contribution in [0, 0.1) is 19.8 Å². The van der Waals surface area contributed by atoms with Gasteiger partial charge in [0.25, 0.3) is 0 Å². The molecule has 0 radical (unpaired) electrons. The summed E-state index contributed by atoms with van der Waals surface area (Å²) >= 11 is 0. The summed E-state index contributed by atoms with van der Waals surface area (Å²) in [7, 11) is 0. The molecule has 0 aliphatic carbocycles. The molecule has 1 aliphatic heterocycles. The van der Waals surface area contributed by atoms with Gasteiger partial charge in [-0.1, -0.05) is 0 Å². The molecule has 1 fully saturated rings. The summed E-state index contributed by atoms with van der Waals surface area (Å²) in [6, 6.07) is 3.58. The quantitative estimate of drug-likeness (QED) is 0.892. The van der Waals surface area contributed by atoms with E-state index in [2.05, 4.69) is 10.3 Å².